The molecule has 10 nitrogen and oxygen atoms in total. The first-order chi connectivity index (χ1) is 25.4. The molecule has 3 N–H and O–H groups in total. The molecular formula is C40H40N4O6S3. The van der Waals surface area contributed by atoms with E-state index in [0.717, 1.165) is 65.6 Å². The van der Waals surface area contributed by atoms with Gasteiger partial charge < -0.3 is 20.4 Å². The summed E-state index contributed by atoms with van der Waals surface area (Å²) in [6, 6.07) is 22.2. The molecule has 2 fully saturated rings. The molecule has 0 radical (unpaired) electrons. The maximum absolute atomic E-state index is 13.7. The number of nitrogens with zero attached hydrogens (tertiary/aromatic N) is 3. The number of anilines is 3. The standard InChI is InChI=1S/C40H40N4O6S3/c1-4-40(3,25-12-10-24(11-13-25)38(49)50)41-26-14-16-27(17-15-26)44-30-8-6-7-28(30)29-21-23(9-18-31(29)44)22-32-35(47)43(20-19-33(45)46)37(52-32)34-36(48)42(5-2)39(51)53-34/h9-18,21-22,28,30,41H,4-8,19-20H2,1-3H3,(H,45,46)(H,49,50)/b32-22-,37-34+. The molecule has 53 heavy (non-hydrogen) atoms. The molecule has 3 aromatic carbocycles. The second-order valence-electron chi connectivity index (χ2n) is 13.8. The van der Waals surface area contributed by atoms with Crippen molar-refractivity contribution >= 4 is 85.5 Å². The number of thiocarbonyl (C=S) groups is 1. The van der Waals surface area contributed by atoms with Crippen LogP contribution in [0.1, 0.15) is 85.8 Å². The molecule has 7 rings (SSSR count). The van der Waals surface area contributed by atoms with Crippen LogP contribution in [0.15, 0.2) is 71.5 Å². The van der Waals surface area contributed by atoms with E-state index in [1.807, 2.05) is 31.2 Å². The molecule has 3 atom stereocenters. The number of hydrogen-bond donors (Lipinski definition) is 3. The number of aromatic carboxylic acids is 1. The fourth-order valence-electron chi connectivity index (χ4n) is 7.72. The predicted molar refractivity (Wildman–Crippen MR) is 215 cm³/mol. The lowest BCUT2D eigenvalue weighted by Crippen LogP contribution is -2.34. The van der Waals surface area contributed by atoms with Gasteiger partial charge in [-0.05, 0) is 104 Å². The summed E-state index contributed by atoms with van der Waals surface area (Å²) in [6.07, 6.45) is 5.67. The van der Waals surface area contributed by atoms with E-state index >= 15 is 0 Å². The minimum absolute atomic E-state index is 0.0428. The number of carbonyl (C=O) groups excluding carboxylic acids is 1. The average molecular weight is 769 g/mol. The number of fused-ring (bicyclic) bond motifs is 3. The lowest BCUT2D eigenvalue weighted by atomic mass is 9.88. The molecule has 1 amide bonds. The molecule has 1 saturated heterocycles. The van der Waals surface area contributed by atoms with Gasteiger partial charge in [0.25, 0.3) is 11.5 Å². The maximum atomic E-state index is 13.7. The van der Waals surface area contributed by atoms with Crippen molar-refractivity contribution in [3.8, 4) is 0 Å². The molecule has 0 bridgehead atoms. The van der Waals surface area contributed by atoms with Crippen molar-refractivity contribution < 1.29 is 24.6 Å². The first kappa shape index (κ1) is 36.6. The third-order valence-electron chi connectivity index (χ3n) is 10.7. The van der Waals surface area contributed by atoms with Crippen molar-refractivity contribution in [3.05, 3.63) is 109 Å². The topological polar surface area (TPSA) is 132 Å². The van der Waals surface area contributed by atoms with Gasteiger partial charge in [-0.2, -0.15) is 0 Å². The lowest BCUT2D eigenvalue weighted by molar-refractivity contribution is -0.137. The number of nitrogens with one attached hydrogen (secondary N) is 1. The summed E-state index contributed by atoms with van der Waals surface area (Å²) in [5, 5.41) is 22.4. The van der Waals surface area contributed by atoms with E-state index in [4.69, 9.17) is 12.2 Å². The molecule has 4 aromatic rings. The van der Waals surface area contributed by atoms with Gasteiger partial charge in [-0.15, -0.1) is 11.3 Å². The van der Waals surface area contributed by atoms with E-state index in [1.165, 1.54) is 26.4 Å². The highest BCUT2D eigenvalue weighted by atomic mass is 32.2. The number of aliphatic carboxylic acids is 1. The van der Waals surface area contributed by atoms with Gasteiger partial charge in [-0.3, -0.25) is 23.9 Å². The van der Waals surface area contributed by atoms with Gasteiger partial charge in [-0.1, -0.05) is 55.5 Å². The van der Waals surface area contributed by atoms with Crippen molar-refractivity contribution in [2.24, 2.45) is 0 Å². The van der Waals surface area contributed by atoms with Crippen LogP contribution in [0.5, 0.6) is 0 Å². The van der Waals surface area contributed by atoms with Crippen LogP contribution in [0.25, 0.3) is 11.0 Å². The molecule has 3 aliphatic rings. The molecule has 2 aliphatic heterocycles. The number of carboxylic acid groups (broad SMARTS) is 2. The van der Waals surface area contributed by atoms with Crippen molar-refractivity contribution in [1.29, 1.82) is 0 Å². The maximum Gasteiger partial charge on any atom is 0.335 e. The second-order valence-corrected chi connectivity index (χ2v) is 16.5. The summed E-state index contributed by atoms with van der Waals surface area (Å²) in [5.74, 6) is -1.88. The summed E-state index contributed by atoms with van der Waals surface area (Å²) < 4.78 is 2.70. The first-order valence-corrected chi connectivity index (χ1v) is 19.8. The zero-order valence-electron chi connectivity index (χ0n) is 29.6. The SMILES string of the molecule is CCN1C(=O)/C(=c2\s/c(=C\c3ccc4c(c3)C3CCCC3N4c3ccc(NC(C)(CC)c4ccc(C(=O)O)cc4)cc3)c(=O)n2CCC(=O)O)SC1=S. The predicted octanol–water partition coefficient (Wildman–Crippen LogP) is 6.43. The molecule has 13 heteroatoms. The lowest BCUT2D eigenvalue weighted by Gasteiger charge is -2.32. The molecule has 0 spiro atoms. The first-order valence-electron chi connectivity index (χ1n) is 17.8. The van der Waals surface area contributed by atoms with E-state index in [2.05, 4.69) is 60.5 Å². The molecule has 1 saturated carbocycles. The van der Waals surface area contributed by atoms with Gasteiger partial charge in [0.15, 0.2) is 0 Å². The van der Waals surface area contributed by atoms with Crippen LogP contribution in [0.2, 0.25) is 0 Å². The van der Waals surface area contributed by atoms with Crippen LogP contribution in [0, 0.1) is 0 Å². The van der Waals surface area contributed by atoms with E-state index in [9.17, 15) is 29.4 Å². The highest BCUT2D eigenvalue weighted by molar-refractivity contribution is 8.30. The van der Waals surface area contributed by atoms with Crippen molar-refractivity contribution in [3.63, 3.8) is 0 Å². The van der Waals surface area contributed by atoms with E-state index in [0.29, 0.717) is 36.9 Å². The number of thioether (sulfide) groups is 1. The molecule has 3 unspecified atom stereocenters. The Morgan fingerprint density at radius 2 is 1.75 bits per heavy atom. The zero-order chi connectivity index (χ0) is 37.6. The normalized spacial score (nSPS) is 20.5. The summed E-state index contributed by atoms with van der Waals surface area (Å²) in [5.41, 5.74) is 5.91. The highest BCUT2D eigenvalue weighted by Gasteiger charge is 2.42. The Morgan fingerprint density at radius 1 is 1.02 bits per heavy atom. The highest BCUT2D eigenvalue weighted by Crippen LogP contribution is 2.52. The van der Waals surface area contributed by atoms with Crippen molar-refractivity contribution in [1.82, 2.24) is 9.47 Å². The zero-order valence-corrected chi connectivity index (χ0v) is 32.1. The Morgan fingerprint density at radius 3 is 2.40 bits per heavy atom. The summed E-state index contributed by atoms with van der Waals surface area (Å²) in [7, 11) is 0. The largest absolute Gasteiger partial charge is 0.481 e. The summed E-state index contributed by atoms with van der Waals surface area (Å²) in [4.78, 5) is 54.1. The minimum Gasteiger partial charge on any atom is -0.481 e. The molecule has 3 heterocycles. The van der Waals surface area contributed by atoms with Crippen LogP contribution in [0.4, 0.5) is 17.1 Å². The molecule has 1 aromatic heterocycles. The van der Waals surface area contributed by atoms with Crippen LogP contribution < -0.4 is 25.0 Å². The number of amides is 1. The van der Waals surface area contributed by atoms with Gasteiger partial charge in [0.1, 0.15) is 13.9 Å². The minimum atomic E-state index is -1.02. The fourth-order valence-corrected chi connectivity index (χ4v) is 10.4. The van der Waals surface area contributed by atoms with Crippen molar-refractivity contribution in [2.75, 3.05) is 16.8 Å². The summed E-state index contributed by atoms with van der Waals surface area (Å²) >= 11 is 7.77. The third-order valence-corrected chi connectivity index (χ3v) is 13.4. The Labute approximate surface area is 320 Å². The van der Waals surface area contributed by atoms with Crippen molar-refractivity contribution in [2.45, 2.75) is 76.9 Å². The monoisotopic (exact) mass is 768 g/mol. The Balaban J connectivity index is 1.20. The van der Waals surface area contributed by atoms with Crippen LogP contribution in [-0.2, 0) is 21.7 Å². The Hall–Kier alpha value is -4.72. The number of aromatic nitrogens is 1. The van der Waals surface area contributed by atoms with Gasteiger partial charge in [-0.25, -0.2) is 4.79 Å². The number of hydrogen-bond acceptors (Lipinski definition) is 9. The van der Waals surface area contributed by atoms with E-state index in [1.54, 1.807) is 12.1 Å². The number of benzene rings is 3. The number of carboxylic acids is 2. The van der Waals surface area contributed by atoms with Crippen LogP contribution >= 0.6 is 35.3 Å². The smallest absolute Gasteiger partial charge is 0.335 e. The fraction of sp³-hybridized carbons (Fsp3) is 0.325. The molecule has 274 valence electrons. The average Bonchev–Trinajstić information content (AvgIpc) is 3.89. The Bertz CT molecular complexity index is 2320. The number of thiazole rings is 1. The second kappa shape index (κ2) is 14.6. The van der Waals surface area contributed by atoms with Gasteiger partial charge in [0.05, 0.1) is 22.1 Å². The summed E-state index contributed by atoms with van der Waals surface area (Å²) in [6.45, 7) is 6.44. The van der Waals surface area contributed by atoms with Gasteiger partial charge >= 0.3 is 11.9 Å². The van der Waals surface area contributed by atoms with Crippen LogP contribution in [0.3, 0.4) is 0 Å². The van der Waals surface area contributed by atoms with E-state index in [-0.39, 0.29) is 30.0 Å². The quantitative estimate of drug-likeness (QED) is 0.147. The number of carbonyl (C=O) groups is 3. The van der Waals surface area contributed by atoms with Gasteiger partial charge in [0, 0.05) is 42.1 Å². The van der Waals surface area contributed by atoms with E-state index < -0.39 is 17.5 Å². The van der Waals surface area contributed by atoms with Gasteiger partial charge in [0.2, 0.25) is 0 Å². The number of rotatable bonds is 11. The Kier molecular flexibility index (Phi) is 10.1. The molecular weight excluding hydrogens is 729 g/mol. The van der Waals surface area contributed by atoms with Crippen LogP contribution in [-0.4, -0.2) is 54.4 Å². The third kappa shape index (κ3) is 6.81. The molecule has 1 aliphatic carbocycles.